The largest absolute Gasteiger partial charge is 0.376 e. The zero-order chi connectivity index (χ0) is 12.5. The molecule has 0 bridgehead atoms. The third-order valence-corrected chi connectivity index (χ3v) is 2.45. The van der Waals surface area contributed by atoms with Crippen LogP contribution < -0.4 is 5.32 Å². The van der Waals surface area contributed by atoms with E-state index >= 15 is 0 Å². The van der Waals surface area contributed by atoms with Crippen LogP contribution in [0.1, 0.15) is 42.1 Å². The molecule has 17 heavy (non-hydrogen) atoms. The zero-order valence-corrected chi connectivity index (χ0v) is 10.1. The third kappa shape index (κ3) is 4.83. The number of allylic oxidation sites excluding steroid dienone is 1. The quantitative estimate of drug-likeness (QED) is 0.586. The van der Waals surface area contributed by atoms with Gasteiger partial charge < -0.3 is 10.4 Å². The molecule has 0 spiro atoms. The summed E-state index contributed by atoms with van der Waals surface area (Å²) in [5.74, 6) is -0.256. The highest BCUT2D eigenvalue weighted by molar-refractivity contribution is 5.94. The number of nitrogens with one attached hydrogen (secondary N) is 1. The lowest BCUT2D eigenvalue weighted by molar-refractivity contribution is 0.0910. The molecule has 1 aromatic carbocycles. The molecule has 1 rings (SSSR count). The first-order valence-corrected chi connectivity index (χ1v) is 5.93. The van der Waals surface area contributed by atoms with Crippen LogP contribution in [-0.2, 0) is 0 Å². The summed E-state index contributed by atoms with van der Waals surface area (Å²) in [6.07, 6.45) is 7.69. The second kappa shape index (κ2) is 7.63. The summed E-state index contributed by atoms with van der Waals surface area (Å²) in [6.45, 7) is 1.83. The number of benzene rings is 1. The predicted molar refractivity (Wildman–Crippen MR) is 69.6 cm³/mol. The normalized spacial score (nSPS) is 10.7. The maximum absolute atomic E-state index is 11.4. The first-order chi connectivity index (χ1) is 8.27. The van der Waals surface area contributed by atoms with Crippen molar-refractivity contribution in [2.75, 3.05) is 6.73 Å². The molecular weight excluding hydrogens is 214 g/mol. The SMILES string of the molecule is CCCCC=Cc1ccc(C(=O)NCO)cc1. The summed E-state index contributed by atoms with van der Waals surface area (Å²) in [5, 5.41) is 10.9. The van der Waals surface area contributed by atoms with E-state index in [9.17, 15) is 4.79 Å². The molecule has 0 unspecified atom stereocenters. The predicted octanol–water partition coefficient (Wildman–Crippen LogP) is 2.57. The lowest BCUT2D eigenvalue weighted by Gasteiger charge is -2.01. The van der Waals surface area contributed by atoms with Crippen LogP contribution >= 0.6 is 0 Å². The van der Waals surface area contributed by atoms with Crippen molar-refractivity contribution >= 4 is 12.0 Å². The molecular formula is C14H19NO2. The van der Waals surface area contributed by atoms with Gasteiger partial charge in [-0.25, -0.2) is 0 Å². The summed E-state index contributed by atoms with van der Waals surface area (Å²) >= 11 is 0. The van der Waals surface area contributed by atoms with Gasteiger partial charge in [0.05, 0.1) is 0 Å². The smallest absolute Gasteiger partial charge is 0.253 e. The van der Waals surface area contributed by atoms with E-state index in [-0.39, 0.29) is 12.6 Å². The molecule has 3 heteroatoms. The van der Waals surface area contributed by atoms with Crippen molar-refractivity contribution < 1.29 is 9.90 Å². The molecule has 3 nitrogen and oxygen atoms in total. The van der Waals surface area contributed by atoms with Gasteiger partial charge in [-0.05, 0) is 24.1 Å². The van der Waals surface area contributed by atoms with E-state index < -0.39 is 0 Å². The maximum atomic E-state index is 11.4. The first-order valence-electron chi connectivity index (χ1n) is 5.93. The molecule has 0 fully saturated rings. The van der Waals surface area contributed by atoms with E-state index in [0.717, 1.165) is 12.0 Å². The fraction of sp³-hybridized carbons (Fsp3) is 0.357. The van der Waals surface area contributed by atoms with Gasteiger partial charge in [-0.3, -0.25) is 4.79 Å². The van der Waals surface area contributed by atoms with Crippen LogP contribution in [0.5, 0.6) is 0 Å². The number of carbonyl (C=O) groups excluding carboxylic acids is 1. The molecule has 0 saturated carbocycles. The van der Waals surface area contributed by atoms with E-state index in [1.165, 1.54) is 12.8 Å². The van der Waals surface area contributed by atoms with Crippen LogP contribution in [0.3, 0.4) is 0 Å². The molecule has 0 atom stereocenters. The van der Waals surface area contributed by atoms with E-state index in [1.807, 2.05) is 12.1 Å². The minimum absolute atomic E-state index is 0.256. The van der Waals surface area contributed by atoms with E-state index in [1.54, 1.807) is 12.1 Å². The van der Waals surface area contributed by atoms with Gasteiger partial charge in [-0.15, -0.1) is 0 Å². The molecule has 0 radical (unpaired) electrons. The van der Waals surface area contributed by atoms with Crippen LogP contribution in [0, 0.1) is 0 Å². The highest BCUT2D eigenvalue weighted by Gasteiger charge is 2.02. The molecule has 1 aromatic rings. The number of rotatable bonds is 6. The average molecular weight is 233 g/mol. The fourth-order valence-electron chi connectivity index (χ4n) is 1.46. The standard InChI is InChI=1S/C14H19NO2/c1-2-3-4-5-6-12-7-9-13(10-8-12)14(17)15-11-16/h5-10,16H,2-4,11H2,1H3,(H,15,17). The van der Waals surface area contributed by atoms with Gasteiger partial charge in [0.2, 0.25) is 0 Å². The minimum Gasteiger partial charge on any atom is -0.376 e. The van der Waals surface area contributed by atoms with Gasteiger partial charge in [-0.2, -0.15) is 0 Å². The Morgan fingerprint density at radius 2 is 2.06 bits per heavy atom. The van der Waals surface area contributed by atoms with Crippen LogP contribution in [0.15, 0.2) is 30.3 Å². The highest BCUT2D eigenvalue weighted by Crippen LogP contribution is 2.07. The molecule has 0 aliphatic heterocycles. The Kier molecular flexibility index (Phi) is 6.04. The van der Waals surface area contributed by atoms with Crippen LogP contribution in [-0.4, -0.2) is 17.7 Å². The van der Waals surface area contributed by atoms with E-state index in [0.29, 0.717) is 5.56 Å². The zero-order valence-electron chi connectivity index (χ0n) is 10.1. The fourth-order valence-corrected chi connectivity index (χ4v) is 1.46. The second-order valence-corrected chi connectivity index (χ2v) is 3.83. The van der Waals surface area contributed by atoms with Crippen molar-refractivity contribution in [2.45, 2.75) is 26.2 Å². The van der Waals surface area contributed by atoms with E-state index in [4.69, 9.17) is 5.11 Å². The third-order valence-electron chi connectivity index (χ3n) is 2.45. The van der Waals surface area contributed by atoms with Crippen LogP contribution in [0.25, 0.3) is 6.08 Å². The lowest BCUT2D eigenvalue weighted by Crippen LogP contribution is -2.23. The first kappa shape index (κ1) is 13.5. The Balaban J connectivity index is 2.55. The summed E-state index contributed by atoms with van der Waals surface area (Å²) in [5.41, 5.74) is 1.64. The van der Waals surface area contributed by atoms with E-state index in [2.05, 4.69) is 24.4 Å². The molecule has 0 aliphatic rings. The number of carbonyl (C=O) groups is 1. The minimum atomic E-state index is -0.336. The van der Waals surface area contributed by atoms with Gasteiger partial charge in [0.15, 0.2) is 0 Å². The topological polar surface area (TPSA) is 49.3 Å². The van der Waals surface area contributed by atoms with Gasteiger partial charge >= 0.3 is 0 Å². The molecule has 92 valence electrons. The van der Waals surface area contributed by atoms with Gasteiger partial charge in [0, 0.05) is 5.56 Å². The number of amides is 1. The van der Waals surface area contributed by atoms with Crippen molar-refractivity contribution in [1.82, 2.24) is 5.32 Å². The van der Waals surface area contributed by atoms with Crippen molar-refractivity contribution in [3.63, 3.8) is 0 Å². The second-order valence-electron chi connectivity index (χ2n) is 3.83. The Labute approximate surface area is 102 Å². The Hall–Kier alpha value is -1.61. The summed E-state index contributed by atoms with van der Waals surface area (Å²) in [6, 6.07) is 7.30. The molecule has 0 heterocycles. The van der Waals surface area contributed by atoms with Crippen LogP contribution in [0.4, 0.5) is 0 Å². The highest BCUT2D eigenvalue weighted by atomic mass is 16.3. The average Bonchev–Trinajstić information content (AvgIpc) is 2.36. The summed E-state index contributed by atoms with van der Waals surface area (Å²) < 4.78 is 0. The summed E-state index contributed by atoms with van der Waals surface area (Å²) in [4.78, 5) is 11.4. The molecule has 1 amide bonds. The van der Waals surface area contributed by atoms with Gasteiger partial charge in [0.25, 0.3) is 5.91 Å². The number of hydrogen-bond acceptors (Lipinski definition) is 2. The maximum Gasteiger partial charge on any atom is 0.253 e. The lowest BCUT2D eigenvalue weighted by atomic mass is 10.1. The van der Waals surface area contributed by atoms with Crippen molar-refractivity contribution in [3.05, 3.63) is 41.5 Å². The van der Waals surface area contributed by atoms with Crippen molar-refractivity contribution in [1.29, 1.82) is 0 Å². The van der Waals surface area contributed by atoms with Crippen molar-refractivity contribution in [3.8, 4) is 0 Å². The summed E-state index contributed by atoms with van der Waals surface area (Å²) in [7, 11) is 0. The molecule has 0 saturated heterocycles. The van der Waals surface area contributed by atoms with Crippen LogP contribution in [0.2, 0.25) is 0 Å². The Bertz CT molecular complexity index is 368. The van der Waals surface area contributed by atoms with Gasteiger partial charge in [0.1, 0.15) is 6.73 Å². The number of unbranched alkanes of at least 4 members (excludes halogenated alkanes) is 2. The molecule has 0 aliphatic carbocycles. The number of hydrogen-bond donors (Lipinski definition) is 2. The molecule has 2 N–H and O–H groups in total. The Morgan fingerprint density at radius 3 is 2.65 bits per heavy atom. The monoisotopic (exact) mass is 233 g/mol. The Morgan fingerprint density at radius 1 is 1.35 bits per heavy atom. The van der Waals surface area contributed by atoms with Crippen molar-refractivity contribution in [2.24, 2.45) is 0 Å². The number of aliphatic hydroxyl groups is 1. The number of aliphatic hydroxyl groups excluding tert-OH is 1. The van der Waals surface area contributed by atoms with Gasteiger partial charge in [-0.1, -0.05) is 44.1 Å². The molecule has 0 aromatic heterocycles.